The van der Waals surface area contributed by atoms with Crippen LogP contribution in [-0.2, 0) is 6.42 Å². The zero-order chi connectivity index (χ0) is 19.1. The van der Waals surface area contributed by atoms with Gasteiger partial charge >= 0.3 is 0 Å². The lowest BCUT2D eigenvalue weighted by molar-refractivity contribution is 0.0563. The summed E-state index contributed by atoms with van der Waals surface area (Å²) in [5.74, 6) is 1.43. The van der Waals surface area contributed by atoms with Crippen LogP contribution < -0.4 is 5.56 Å². The SMILES string of the molecule is C[C@H](c1nc2c(cnn2C2CCCC2)c(=O)[nH]1)N1CC(Cc2ccccc2)C1. The van der Waals surface area contributed by atoms with E-state index in [1.807, 2.05) is 4.68 Å². The molecular formula is C22H27N5O. The van der Waals surface area contributed by atoms with Crippen molar-refractivity contribution in [3.63, 3.8) is 0 Å². The van der Waals surface area contributed by atoms with Crippen molar-refractivity contribution in [2.75, 3.05) is 13.1 Å². The third-order valence-electron chi connectivity index (χ3n) is 6.45. The minimum absolute atomic E-state index is 0.0718. The number of nitrogens with zero attached hydrogens (tertiary/aromatic N) is 4. The number of hydrogen-bond donors (Lipinski definition) is 1. The van der Waals surface area contributed by atoms with Crippen LogP contribution in [0.1, 0.15) is 56.1 Å². The third kappa shape index (κ3) is 3.15. The Balaban J connectivity index is 1.33. The molecule has 1 aromatic carbocycles. The molecule has 3 aromatic rings. The molecule has 1 aliphatic carbocycles. The zero-order valence-electron chi connectivity index (χ0n) is 16.3. The lowest BCUT2D eigenvalue weighted by Crippen LogP contribution is -2.49. The lowest BCUT2D eigenvalue weighted by atomic mass is 9.91. The molecule has 3 heterocycles. The van der Waals surface area contributed by atoms with Crippen LogP contribution in [0.3, 0.4) is 0 Å². The second-order valence-electron chi connectivity index (χ2n) is 8.40. The van der Waals surface area contributed by atoms with Crippen molar-refractivity contribution in [2.45, 2.75) is 51.1 Å². The number of rotatable bonds is 5. The number of H-pyrrole nitrogens is 1. The van der Waals surface area contributed by atoms with Gasteiger partial charge in [0.15, 0.2) is 5.65 Å². The molecule has 1 N–H and O–H groups in total. The first-order valence-corrected chi connectivity index (χ1v) is 10.4. The minimum Gasteiger partial charge on any atom is -0.309 e. The van der Waals surface area contributed by atoms with Crippen LogP contribution in [-0.4, -0.2) is 37.7 Å². The highest BCUT2D eigenvalue weighted by atomic mass is 16.1. The van der Waals surface area contributed by atoms with Gasteiger partial charge in [0.25, 0.3) is 5.56 Å². The Morgan fingerprint density at radius 2 is 1.93 bits per heavy atom. The first-order valence-electron chi connectivity index (χ1n) is 10.4. The highest BCUT2D eigenvalue weighted by Crippen LogP contribution is 2.32. The number of aromatic amines is 1. The molecule has 0 unspecified atom stereocenters. The van der Waals surface area contributed by atoms with Gasteiger partial charge in [0, 0.05) is 13.1 Å². The molecule has 1 aliphatic heterocycles. The second-order valence-corrected chi connectivity index (χ2v) is 8.40. The highest BCUT2D eigenvalue weighted by molar-refractivity contribution is 5.73. The Morgan fingerprint density at radius 1 is 1.18 bits per heavy atom. The molecule has 0 radical (unpaired) electrons. The highest BCUT2D eigenvalue weighted by Gasteiger charge is 2.32. The molecule has 6 heteroatoms. The Bertz CT molecular complexity index is 1010. The maximum atomic E-state index is 12.6. The van der Waals surface area contributed by atoms with Crippen LogP contribution in [0, 0.1) is 5.92 Å². The van der Waals surface area contributed by atoms with Crippen molar-refractivity contribution in [3.8, 4) is 0 Å². The fourth-order valence-electron chi connectivity index (χ4n) is 4.74. The van der Waals surface area contributed by atoms with Crippen molar-refractivity contribution in [3.05, 3.63) is 58.3 Å². The van der Waals surface area contributed by atoms with Gasteiger partial charge in [-0.05, 0) is 37.7 Å². The third-order valence-corrected chi connectivity index (χ3v) is 6.45. The van der Waals surface area contributed by atoms with Crippen molar-refractivity contribution in [1.82, 2.24) is 24.6 Å². The van der Waals surface area contributed by atoms with Crippen molar-refractivity contribution in [2.24, 2.45) is 5.92 Å². The van der Waals surface area contributed by atoms with E-state index in [-0.39, 0.29) is 11.6 Å². The van der Waals surface area contributed by atoms with Crippen LogP contribution in [0.2, 0.25) is 0 Å². The van der Waals surface area contributed by atoms with E-state index in [0.29, 0.717) is 17.3 Å². The van der Waals surface area contributed by atoms with E-state index in [2.05, 4.69) is 52.2 Å². The van der Waals surface area contributed by atoms with E-state index in [4.69, 9.17) is 4.98 Å². The van der Waals surface area contributed by atoms with E-state index in [9.17, 15) is 4.79 Å². The van der Waals surface area contributed by atoms with Crippen LogP contribution >= 0.6 is 0 Å². The molecule has 2 aliphatic rings. The van der Waals surface area contributed by atoms with E-state index >= 15 is 0 Å². The molecule has 0 bridgehead atoms. The van der Waals surface area contributed by atoms with E-state index in [1.54, 1.807) is 6.20 Å². The van der Waals surface area contributed by atoms with Gasteiger partial charge in [0.1, 0.15) is 11.2 Å². The molecule has 1 saturated heterocycles. The van der Waals surface area contributed by atoms with Gasteiger partial charge in [-0.3, -0.25) is 9.69 Å². The van der Waals surface area contributed by atoms with E-state index in [1.165, 1.54) is 18.4 Å². The first-order chi connectivity index (χ1) is 13.7. The molecule has 5 rings (SSSR count). The fraction of sp³-hybridized carbons (Fsp3) is 0.500. The largest absolute Gasteiger partial charge is 0.309 e. The van der Waals surface area contributed by atoms with Crippen molar-refractivity contribution < 1.29 is 0 Å². The Hall–Kier alpha value is -2.47. The second kappa shape index (κ2) is 7.17. The smallest absolute Gasteiger partial charge is 0.262 e. The number of nitrogens with one attached hydrogen (secondary N) is 1. The molecule has 1 saturated carbocycles. The van der Waals surface area contributed by atoms with Gasteiger partial charge in [-0.15, -0.1) is 0 Å². The summed E-state index contributed by atoms with van der Waals surface area (Å²) in [5.41, 5.74) is 2.07. The fourth-order valence-corrected chi connectivity index (χ4v) is 4.74. The topological polar surface area (TPSA) is 66.8 Å². The van der Waals surface area contributed by atoms with Crippen LogP contribution in [0.25, 0.3) is 11.0 Å². The predicted molar refractivity (Wildman–Crippen MR) is 109 cm³/mol. The Kier molecular flexibility index (Phi) is 4.51. The number of likely N-dealkylation sites (tertiary alicyclic amines) is 1. The predicted octanol–water partition coefficient (Wildman–Crippen LogP) is 3.47. The van der Waals surface area contributed by atoms with Gasteiger partial charge in [-0.25, -0.2) is 9.67 Å². The monoisotopic (exact) mass is 377 g/mol. The quantitative estimate of drug-likeness (QED) is 0.739. The van der Waals surface area contributed by atoms with E-state index < -0.39 is 0 Å². The molecule has 146 valence electrons. The minimum atomic E-state index is -0.0718. The van der Waals surface area contributed by atoms with Crippen molar-refractivity contribution >= 4 is 11.0 Å². The summed E-state index contributed by atoms with van der Waals surface area (Å²) >= 11 is 0. The lowest BCUT2D eigenvalue weighted by Gasteiger charge is -2.42. The average Bonchev–Trinajstić information content (AvgIpc) is 3.34. The number of fused-ring (bicyclic) bond motifs is 1. The molecule has 0 spiro atoms. The molecule has 28 heavy (non-hydrogen) atoms. The molecule has 2 aromatic heterocycles. The van der Waals surface area contributed by atoms with Crippen LogP contribution in [0.4, 0.5) is 0 Å². The number of benzene rings is 1. The van der Waals surface area contributed by atoms with E-state index in [0.717, 1.165) is 43.8 Å². The number of hydrogen-bond acceptors (Lipinski definition) is 4. The summed E-state index contributed by atoms with van der Waals surface area (Å²) in [6, 6.07) is 11.2. The molecule has 2 fully saturated rings. The molecule has 6 nitrogen and oxygen atoms in total. The summed E-state index contributed by atoms with van der Waals surface area (Å²) in [6.45, 7) is 4.22. The van der Waals surface area contributed by atoms with Gasteiger partial charge < -0.3 is 4.98 Å². The van der Waals surface area contributed by atoms with Gasteiger partial charge in [0.2, 0.25) is 0 Å². The summed E-state index contributed by atoms with van der Waals surface area (Å²) in [7, 11) is 0. The Morgan fingerprint density at radius 3 is 2.68 bits per heavy atom. The zero-order valence-corrected chi connectivity index (χ0v) is 16.3. The summed E-state index contributed by atoms with van der Waals surface area (Å²) in [5, 5.41) is 5.10. The average molecular weight is 377 g/mol. The van der Waals surface area contributed by atoms with Crippen LogP contribution in [0.5, 0.6) is 0 Å². The standard InChI is InChI=1S/C22H27N5O/c1-15(26-13-17(14-26)11-16-7-3-2-4-8-16)20-24-21-19(22(28)25-20)12-23-27(21)18-9-5-6-10-18/h2-4,7-8,12,15,17-18H,5-6,9-11,13-14H2,1H3,(H,24,25,28)/t15-/m1/s1. The van der Waals surface area contributed by atoms with Crippen molar-refractivity contribution in [1.29, 1.82) is 0 Å². The maximum Gasteiger partial charge on any atom is 0.262 e. The summed E-state index contributed by atoms with van der Waals surface area (Å²) in [4.78, 5) is 22.9. The van der Waals surface area contributed by atoms with Gasteiger partial charge in [0.05, 0.1) is 18.3 Å². The molecule has 1 atom stereocenters. The first kappa shape index (κ1) is 17.6. The summed E-state index contributed by atoms with van der Waals surface area (Å²) < 4.78 is 1.99. The van der Waals surface area contributed by atoms with Gasteiger partial charge in [-0.1, -0.05) is 43.2 Å². The summed E-state index contributed by atoms with van der Waals surface area (Å²) in [6.07, 6.45) is 7.51. The molecule has 0 amide bonds. The maximum absolute atomic E-state index is 12.6. The molecular weight excluding hydrogens is 350 g/mol. The Labute approximate surface area is 164 Å². The number of aromatic nitrogens is 4. The van der Waals surface area contributed by atoms with Crippen LogP contribution in [0.15, 0.2) is 41.3 Å². The van der Waals surface area contributed by atoms with Gasteiger partial charge in [-0.2, -0.15) is 5.10 Å². The normalized spacial score (nSPS) is 19.9.